The topological polar surface area (TPSA) is 20.3 Å². The van der Waals surface area contributed by atoms with Crippen LogP contribution in [0.4, 0.5) is 0 Å². The molecule has 0 bridgehead atoms. The molecule has 0 N–H and O–H groups in total. The van der Waals surface area contributed by atoms with Gasteiger partial charge in [-0.15, -0.1) is 11.3 Å². The molecule has 1 aliphatic heterocycles. The predicted molar refractivity (Wildman–Crippen MR) is 74.7 cm³/mol. The second-order valence-electron chi connectivity index (χ2n) is 5.23. The van der Waals surface area contributed by atoms with E-state index in [2.05, 4.69) is 17.5 Å². The van der Waals surface area contributed by atoms with Gasteiger partial charge in [0.15, 0.2) is 0 Å². The van der Waals surface area contributed by atoms with Crippen LogP contribution in [0.15, 0.2) is 28.7 Å². The minimum absolute atomic E-state index is 0.338. The summed E-state index contributed by atoms with van der Waals surface area (Å²) in [5.74, 6) is 0. The second-order valence-corrected chi connectivity index (χ2v) is 6.26. The van der Waals surface area contributed by atoms with Gasteiger partial charge in [0.25, 0.3) is 0 Å². The normalized spacial score (nSPS) is 24.0. The second kappa shape index (κ2) is 5.27. The fourth-order valence-corrected chi connectivity index (χ4v) is 4.03. The van der Waals surface area contributed by atoms with Crippen molar-refractivity contribution in [2.45, 2.75) is 44.6 Å². The molecule has 0 spiro atoms. The Hall–Kier alpha value is -1.09. The van der Waals surface area contributed by atoms with Crippen LogP contribution in [-0.4, -0.2) is 23.9 Å². The van der Waals surface area contributed by atoms with Crippen LogP contribution in [0.2, 0.25) is 0 Å². The summed E-state index contributed by atoms with van der Waals surface area (Å²) in [7, 11) is 0. The summed E-state index contributed by atoms with van der Waals surface area (Å²) < 4.78 is 0. The maximum Gasteiger partial charge on any atom is 0.210 e. The number of amides is 1. The van der Waals surface area contributed by atoms with Crippen molar-refractivity contribution in [3.63, 3.8) is 0 Å². The third-order valence-electron chi connectivity index (χ3n) is 4.21. The lowest BCUT2D eigenvalue weighted by molar-refractivity contribution is -0.119. The average Bonchev–Trinajstić information content (AvgIpc) is 2.92. The van der Waals surface area contributed by atoms with E-state index in [9.17, 15) is 4.79 Å². The summed E-state index contributed by atoms with van der Waals surface area (Å²) in [4.78, 5) is 14.7. The van der Waals surface area contributed by atoms with Crippen LogP contribution in [-0.2, 0) is 11.2 Å². The highest BCUT2D eigenvalue weighted by Gasteiger charge is 2.30. The van der Waals surface area contributed by atoms with Crippen LogP contribution in [0.25, 0.3) is 0 Å². The molecular weight excluding hydrogens is 242 g/mol. The van der Waals surface area contributed by atoms with Gasteiger partial charge in [-0.2, -0.15) is 0 Å². The molecule has 1 amide bonds. The standard InChI is InChI=1S/C15H19NOS/c17-11-16-8-7-12-4-1-2-6-14(12)15(16)10-13-5-3-9-18-13/h3,5,9,11,15H,1-2,4,6-8,10H2. The summed E-state index contributed by atoms with van der Waals surface area (Å²) in [5, 5.41) is 2.12. The lowest BCUT2D eigenvalue weighted by Crippen LogP contribution is -2.42. The number of hydrogen-bond donors (Lipinski definition) is 0. The van der Waals surface area contributed by atoms with Crippen LogP contribution in [0.5, 0.6) is 0 Å². The van der Waals surface area contributed by atoms with Crippen molar-refractivity contribution in [3.8, 4) is 0 Å². The Morgan fingerprint density at radius 2 is 2.22 bits per heavy atom. The van der Waals surface area contributed by atoms with Crippen molar-refractivity contribution in [2.24, 2.45) is 0 Å². The molecule has 0 saturated carbocycles. The molecule has 3 rings (SSSR count). The molecule has 2 nitrogen and oxygen atoms in total. The summed E-state index contributed by atoms with van der Waals surface area (Å²) in [6.07, 6.45) is 8.28. The van der Waals surface area contributed by atoms with E-state index in [4.69, 9.17) is 0 Å². The molecule has 0 radical (unpaired) electrons. The van der Waals surface area contributed by atoms with Crippen LogP contribution in [0.3, 0.4) is 0 Å². The molecule has 2 heterocycles. The molecule has 1 atom stereocenters. The summed E-state index contributed by atoms with van der Waals surface area (Å²) in [5.41, 5.74) is 3.23. The summed E-state index contributed by atoms with van der Waals surface area (Å²) in [6, 6.07) is 4.63. The first-order valence-corrected chi connectivity index (χ1v) is 7.70. The van der Waals surface area contributed by atoms with Gasteiger partial charge in [-0.05, 0) is 49.1 Å². The Balaban J connectivity index is 1.87. The first kappa shape index (κ1) is 12.0. The molecule has 18 heavy (non-hydrogen) atoms. The number of rotatable bonds is 3. The van der Waals surface area contributed by atoms with E-state index in [1.807, 2.05) is 4.90 Å². The molecule has 1 unspecified atom stereocenters. The molecule has 1 aromatic rings. The van der Waals surface area contributed by atoms with Crippen molar-refractivity contribution in [3.05, 3.63) is 33.5 Å². The molecule has 0 fully saturated rings. The molecule has 2 aliphatic rings. The largest absolute Gasteiger partial charge is 0.338 e. The molecule has 1 aliphatic carbocycles. The lowest BCUT2D eigenvalue weighted by atomic mass is 9.81. The molecule has 96 valence electrons. The van der Waals surface area contributed by atoms with Gasteiger partial charge in [0, 0.05) is 17.8 Å². The Bertz CT molecular complexity index is 449. The van der Waals surface area contributed by atoms with Gasteiger partial charge in [0.05, 0.1) is 6.04 Å². The van der Waals surface area contributed by atoms with Gasteiger partial charge in [-0.3, -0.25) is 4.79 Å². The van der Waals surface area contributed by atoms with Gasteiger partial charge in [-0.25, -0.2) is 0 Å². The monoisotopic (exact) mass is 261 g/mol. The van der Waals surface area contributed by atoms with Crippen molar-refractivity contribution >= 4 is 17.7 Å². The van der Waals surface area contributed by atoms with E-state index in [1.54, 1.807) is 22.5 Å². The Labute approximate surface area is 112 Å². The quantitative estimate of drug-likeness (QED) is 0.603. The number of thiophene rings is 1. The lowest BCUT2D eigenvalue weighted by Gasteiger charge is -2.38. The smallest absolute Gasteiger partial charge is 0.210 e. The van der Waals surface area contributed by atoms with Crippen LogP contribution in [0.1, 0.15) is 37.0 Å². The van der Waals surface area contributed by atoms with Crippen molar-refractivity contribution in [1.29, 1.82) is 0 Å². The van der Waals surface area contributed by atoms with E-state index in [1.165, 1.54) is 30.6 Å². The third kappa shape index (κ3) is 2.24. The fourth-order valence-electron chi connectivity index (χ4n) is 3.28. The van der Waals surface area contributed by atoms with E-state index < -0.39 is 0 Å². The number of carbonyl (C=O) groups excluding carboxylic acids is 1. The van der Waals surface area contributed by atoms with E-state index >= 15 is 0 Å². The maximum absolute atomic E-state index is 11.3. The zero-order valence-electron chi connectivity index (χ0n) is 10.6. The van der Waals surface area contributed by atoms with E-state index in [0.29, 0.717) is 6.04 Å². The zero-order chi connectivity index (χ0) is 12.4. The van der Waals surface area contributed by atoms with Crippen LogP contribution >= 0.6 is 11.3 Å². The van der Waals surface area contributed by atoms with E-state index in [-0.39, 0.29) is 0 Å². The SMILES string of the molecule is O=CN1CCC2=C(CCCC2)C1Cc1cccs1. The van der Waals surface area contributed by atoms with Crippen LogP contribution < -0.4 is 0 Å². The van der Waals surface area contributed by atoms with Gasteiger partial charge < -0.3 is 4.90 Å². The minimum Gasteiger partial charge on any atom is -0.338 e. The van der Waals surface area contributed by atoms with E-state index in [0.717, 1.165) is 25.8 Å². The minimum atomic E-state index is 0.338. The zero-order valence-corrected chi connectivity index (χ0v) is 11.4. The molecular formula is C15H19NOS. The van der Waals surface area contributed by atoms with Crippen molar-refractivity contribution in [2.75, 3.05) is 6.54 Å². The average molecular weight is 261 g/mol. The number of nitrogens with zero attached hydrogens (tertiary/aromatic N) is 1. The molecule has 3 heteroatoms. The van der Waals surface area contributed by atoms with Gasteiger partial charge in [0.1, 0.15) is 0 Å². The number of hydrogen-bond acceptors (Lipinski definition) is 2. The summed E-state index contributed by atoms with van der Waals surface area (Å²) in [6.45, 7) is 0.915. The maximum atomic E-state index is 11.3. The van der Waals surface area contributed by atoms with Gasteiger partial charge >= 0.3 is 0 Å². The predicted octanol–water partition coefficient (Wildman–Crippen LogP) is 3.39. The molecule has 0 aromatic carbocycles. The number of carbonyl (C=O) groups is 1. The first-order valence-electron chi connectivity index (χ1n) is 6.82. The highest BCUT2D eigenvalue weighted by Crippen LogP contribution is 2.36. The highest BCUT2D eigenvalue weighted by molar-refractivity contribution is 7.09. The highest BCUT2D eigenvalue weighted by atomic mass is 32.1. The Morgan fingerprint density at radius 3 is 3.00 bits per heavy atom. The van der Waals surface area contributed by atoms with Gasteiger partial charge in [0.2, 0.25) is 6.41 Å². The van der Waals surface area contributed by atoms with Crippen molar-refractivity contribution < 1.29 is 4.79 Å². The Kier molecular flexibility index (Phi) is 3.50. The summed E-state index contributed by atoms with van der Waals surface area (Å²) >= 11 is 1.80. The molecule has 1 aromatic heterocycles. The Morgan fingerprint density at radius 1 is 1.33 bits per heavy atom. The third-order valence-corrected chi connectivity index (χ3v) is 5.11. The van der Waals surface area contributed by atoms with Crippen LogP contribution in [0, 0.1) is 0 Å². The first-order chi connectivity index (χ1) is 8.88. The van der Waals surface area contributed by atoms with Crippen molar-refractivity contribution in [1.82, 2.24) is 4.90 Å². The van der Waals surface area contributed by atoms with Gasteiger partial charge in [-0.1, -0.05) is 11.6 Å². The fraction of sp³-hybridized carbons (Fsp3) is 0.533. The molecule has 0 saturated heterocycles.